The van der Waals surface area contributed by atoms with Crippen LogP contribution >= 0.6 is 11.3 Å². The van der Waals surface area contributed by atoms with E-state index in [0.717, 1.165) is 34.0 Å². The third-order valence-electron chi connectivity index (χ3n) is 4.12. The van der Waals surface area contributed by atoms with Gasteiger partial charge in [-0.3, -0.25) is 0 Å². The number of rotatable bonds is 4. The van der Waals surface area contributed by atoms with Crippen LogP contribution in [0, 0.1) is 0 Å². The lowest BCUT2D eigenvalue weighted by Crippen LogP contribution is -2.24. The Labute approximate surface area is 123 Å². The predicted molar refractivity (Wildman–Crippen MR) is 82.6 cm³/mol. The van der Waals surface area contributed by atoms with Crippen LogP contribution in [0.3, 0.4) is 0 Å². The molecule has 0 amide bonds. The average molecular weight is 288 g/mol. The van der Waals surface area contributed by atoms with E-state index in [-0.39, 0.29) is 5.60 Å². The van der Waals surface area contributed by atoms with Crippen LogP contribution in [0.2, 0.25) is 0 Å². The summed E-state index contributed by atoms with van der Waals surface area (Å²) >= 11 is 1.71. The van der Waals surface area contributed by atoms with Crippen molar-refractivity contribution in [2.45, 2.75) is 37.8 Å². The minimum Gasteiger partial charge on any atom is -0.371 e. The molecule has 0 unspecified atom stereocenters. The van der Waals surface area contributed by atoms with Crippen LogP contribution in [-0.4, -0.2) is 12.1 Å². The van der Waals surface area contributed by atoms with Gasteiger partial charge < -0.3 is 10.5 Å². The highest BCUT2D eigenvalue weighted by molar-refractivity contribution is 7.12. The highest BCUT2D eigenvalue weighted by atomic mass is 32.1. The van der Waals surface area contributed by atoms with E-state index < -0.39 is 0 Å². The van der Waals surface area contributed by atoms with Crippen molar-refractivity contribution in [3.05, 3.63) is 40.2 Å². The molecule has 0 bridgehead atoms. The van der Waals surface area contributed by atoms with Gasteiger partial charge in [0.05, 0.1) is 5.69 Å². The molecule has 106 valence electrons. The standard InChI is InChI=1S/C16H20N2OS/c1-19-16(9-5-6-10-16)15-18-14(13(11-17)20-15)12-7-3-2-4-8-12/h2-4,7-8H,5-6,9-11,17H2,1H3. The topological polar surface area (TPSA) is 48.1 Å². The van der Waals surface area contributed by atoms with Crippen LogP contribution in [-0.2, 0) is 16.9 Å². The fourth-order valence-corrected chi connectivity index (χ4v) is 4.15. The summed E-state index contributed by atoms with van der Waals surface area (Å²) in [7, 11) is 1.80. The van der Waals surface area contributed by atoms with E-state index in [0.29, 0.717) is 6.54 Å². The summed E-state index contributed by atoms with van der Waals surface area (Å²) in [6.45, 7) is 0.529. The minimum absolute atomic E-state index is 0.179. The van der Waals surface area contributed by atoms with Crippen molar-refractivity contribution in [1.29, 1.82) is 0 Å². The van der Waals surface area contributed by atoms with Crippen LogP contribution in [0.4, 0.5) is 0 Å². The first-order valence-corrected chi connectivity index (χ1v) is 7.91. The molecule has 0 spiro atoms. The van der Waals surface area contributed by atoms with E-state index in [1.165, 1.54) is 12.8 Å². The number of aromatic nitrogens is 1. The predicted octanol–water partition coefficient (Wildman–Crippen LogP) is 3.68. The maximum Gasteiger partial charge on any atom is 0.126 e. The third-order valence-corrected chi connectivity index (χ3v) is 5.38. The zero-order chi connectivity index (χ0) is 14.0. The van der Waals surface area contributed by atoms with Gasteiger partial charge >= 0.3 is 0 Å². The number of thiazole rings is 1. The molecule has 1 fully saturated rings. The van der Waals surface area contributed by atoms with Gasteiger partial charge in [-0.25, -0.2) is 4.98 Å². The first kappa shape index (κ1) is 13.7. The van der Waals surface area contributed by atoms with E-state index in [1.807, 2.05) is 18.2 Å². The van der Waals surface area contributed by atoms with Crippen molar-refractivity contribution in [3.8, 4) is 11.3 Å². The van der Waals surface area contributed by atoms with Gasteiger partial charge in [0.25, 0.3) is 0 Å². The van der Waals surface area contributed by atoms with Crippen LogP contribution in [0.1, 0.15) is 35.6 Å². The Morgan fingerprint density at radius 2 is 1.95 bits per heavy atom. The summed E-state index contributed by atoms with van der Waals surface area (Å²) in [6.07, 6.45) is 4.56. The van der Waals surface area contributed by atoms with E-state index >= 15 is 0 Å². The highest BCUT2D eigenvalue weighted by Crippen LogP contribution is 2.45. The summed E-state index contributed by atoms with van der Waals surface area (Å²) in [5.74, 6) is 0. The highest BCUT2D eigenvalue weighted by Gasteiger charge is 2.39. The molecule has 3 nitrogen and oxygen atoms in total. The Morgan fingerprint density at radius 1 is 1.25 bits per heavy atom. The van der Waals surface area contributed by atoms with E-state index in [9.17, 15) is 0 Å². The first-order valence-electron chi connectivity index (χ1n) is 7.10. The van der Waals surface area contributed by atoms with Gasteiger partial charge in [-0.15, -0.1) is 11.3 Å². The molecule has 1 aliphatic carbocycles. The molecule has 4 heteroatoms. The van der Waals surface area contributed by atoms with Crippen LogP contribution in [0.25, 0.3) is 11.3 Å². The van der Waals surface area contributed by atoms with Gasteiger partial charge in [-0.05, 0) is 12.8 Å². The molecule has 2 aromatic rings. The number of hydrogen-bond donors (Lipinski definition) is 1. The molecule has 0 radical (unpaired) electrons. The van der Waals surface area contributed by atoms with Crippen molar-refractivity contribution in [2.75, 3.05) is 7.11 Å². The molecular formula is C16H20N2OS. The molecule has 2 N–H and O–H groups in total. The Balaban J connectivity index is 2.05. The molecule has 0 saturated heterocycles. The zero-order valence-electron chi connectivity index (χ0n) is 11.8. The molecule has 1 saturated carbocycles. The fourth-order valence-electron chi connectivity index (χ4n) is 2.96. The summed E-state index contributed by atoms with van der Waals surface area (Å²) in [6, 6.07) is 10.3. The minimum atomic E-state index is -0.179. The lowest BCUT2D eigenvalue weighted by molar-refractivity contribution is -0.00879. The van der Waals surface area contributed by atoms with Crippen molar-refractivity contribution in [2.24, 2.45) is 5.73 Å². The quantitative estimate of drug-likeness (QED) is 0.933. The van der Waals surface area contributed by atoms with Gasteiger partial charge in [0.1, 0.15) is 10.6 Å². The monoisotopic (exact) mass is 288 g/mol. The molecule has 20 heavy (non-hydrogen) atoms. The van der Waals surface area contributed by atoms with Crippen molar-refractivity contribution in [1.82, 2.24) is 4.98 Å². The Morgan fingerprint density at radius 3 is 2.55 bits per heavy atom. The molecule has 0 aliphatic heterocycles. The Bertz CT molecular complexity index is 573. The summed E-state index contributed by atoms with van der Waals surface area (Å²) in [4.78, 5) is 6.04. The average Bonchev–Trinajstić information content (AvgIpc) is 3.15. The van der Waals surface area contributed by atoms with Crippen LogP contribution in [0.15, 0.2) is 30.3 Å². The van der Waals surface area contributed by atoms with Crippen LogP contribution < -0.4 is 5.73 Å². The zero-order valence-corrected chi connectivity index (χ0v) is 12.6. The Kier molecular flexibility index (Phi) is 3.87. The maximum absolute atomic E-state index is 5.91. The first-order chi connectivity index (χ1) is 9.79. The fraction of sp³-hybridized carbons (Fsp3) is 0.438. The van der Waals surface area contributed by atoms with Crippen molar-refractivity contribution >= 4 is 11.3 Å². The Hall–Kier alpha value is -1.23. The smallest absolute Gasteiger partial charge is 0.126 e. The number of ether oxygens (including phenoxy) is 1. The molecule has 1 aromatic carbocycles. The lowest BCUT2D eigenvalue weighted by atomic mass is 10.0. The summed E-state index contributed by atoms with van der Waals surface area (Å²) in [5, 5.41) is 1.09. The SMILES string of the molecule is COC1(c2nc(-c3ccccc3)c(CN)s2)CCCC1. The molecule has 3 rings (SSSR count). The van der Waals surface area contributed by atoms with Gasteiger partial charge in [0, 0.05) is 24.1 Å². The maximum atomic E-state index is 5.91. The van der Waals surface area contributed by atoms with Gasteiger partial charge in [0.15, 0.2) is 0 Å². The number of nitrogens with two attached hydrogens (primary N) is 1. The van der Waals surface area contributed by atoms with E-state index in [4.69, 9.17) is 15.5 Å². The molecular weight excluding hydrogens is 268 g/mol. The second-order valence-electron chi connectivity index (χ2n) is 5.27. The second kappa shape index (κ2) is 5.64. The van der Waals surface area contributed by atoms with Gasteiger partial charge in [-0.1, -0.05) is 43.2 Å². The summed E-state index contributed by atoms with van der Waals surface area (Å²) in [5.41, 5.74) is 7.90. The number of benzene rings is 1. The summed E-state index contributed by atoms with van der Waals surface area (Å²) < 4.78 is 5.84. The normalized spacial score (nSPS) is 17.5. The second-order valence-corrected chi connectivity index (χ2v) is 6.35. The van der Waals surface area contributed by atoms with Crippen molar-refractivity contribution in [3.63, 3.8) is 0 Å². The van der Waals surface area contributed by atoms with Crippen LogP contribution in [0.5, 0.6) is 0 Å². The third kappa shape index (κ3) is 2.28. The molecule has 0 atom stereocenters. The number of hydrogen-bond acceptors (Lipinski definition) is 4. The molecule has 1 heterocycles. The van der Waals surface area contributed by atoms with Crippen molar-refractivity contribution < 1.29 is 4.74 Å². The number of methoxy groups -OCH3 is 1. The van der Waals surface area contributed by atoms with E-state index in [1.54, 1.807) is 18.4 Å². The largest absolute Gasteiger partial charge is 0.371 e. The number of nitrogens with zero attached hydrogens (tertiary/aromatic N) is 1. The van der Waals surface area contributed by atoms with Gasteiger partial charge in [0.2, 0.25) is 0 Å². The van der Waals surface area contributed by atoms with E-state index in [2.05, 4.69) is 12.1 Å². The lowest BCUT2D eigenvalue weighted by Gasteiger charge is -2.24. The molecule has 1 aromatic heterocycles. The molecule has 1 aliphatic rings. The van der Waals surface area contributed by atoms with Gasteiger partial charge in [-0.2, -0.15) is 0 Å².